The number of carbonyl (C=O) groups is 1. The number of hydrogen-bond acceptors (Lipinski definition) is 6. The Balaban J connectivity index is 1.62. The summed E-state index contributed by atoms with van der Waals surface area (Å²) in [4.78, 5) is 16.2. The van der Waals surface area contributed by atoms with Crippen LogP contribution in [-0.4, -0.2) is 68.2 Å². The first kappa shape index (κ1) is 25.0. The highest BCUT2D eigenvalue weighted by Gasteiger charge is 2.26. The van der Waals surface area contributed by atoms with Crippen LogP contribution in [0.1, 0.15) is 36.5 Å². The zero-order valence-electron chi connectivity index (χ0n) is 19.3. The molecule has 3 rings (SSSR count). The second-order valence-corrected chi connectivity index (χ2v) is 8.39. The highest BCUT2D eigenvalue weighted by Crippen LogP contribution is 2.28. The molecule has 1 amide bonds. The molecule has 3 N–H and O–H groups in total. The number of nitrogens with one attached hydrogen (secondary N) is 1. The molecule has 0 spiro atoms. The Kier molecular flexibility index (Phi) is 9.05. The van der Waals surface area contributed by atoms with E-state index in [0.717, 1.165) is 25.0 Å². The number of aliphatic hydroxyl groups is 2. The minimum absolute atomic E-state index is 0.0616. The minimum atomic E-state index is -0.395. The largest absolute Gasteiger partial charge is 0.494 e. The zero-order valence-corrected chi connectivity index (χ0v) is 19.3. The fraction of sp³-hybridized carbons (Fsp3) is 0.480. The predicted octanol–water partition coefficient (Wildman–Crippen LogP) is 2.80. The Morgan fingerprint density at radius 3 is 2.61 bits per heavy atom. The Morgan fingerprint density at radius 2 is 1.97 bits per heavy atom. The SMILES string of the molecule is CCCCOc1ccc(C(=O)N(C)c2ccc(N3CCC(NC(CO)CO)C3)c(F)c2)cc1. The molecule has 0 aromatic heterocycles. The molecule has 0 bridgehead atoms. The number of aliphatic hydroxyl groups excluding tert-OH is 2. The van der Waals surface area contributed by atoms with Crippen molar-refractivity contribution in [3.63, 3.8) is 0 Å². The molecule has 33 heavy (non-hydrogen) atoms. The minimum Gasteiger partial charge on any atom is -0.494 e. The third kappa shape index (κ3) is 6.43. The van der Waals surface area contributed by atoms with E-state index in [1.54, 1.807) is 43.4 Å². The molecular weight excluding hydrogens is 425 g/mol. The molecule has 0 radical (unpaired) electrons. The van der Waals surface area contributed by atoms with Gasteiger partial charge in [-0.3, -0.25) is 4.79 Å². The van der Waals surface area contributed by atoms with Gasteiger partial charge in [-0.05, 0) is 55.3 Å². The molecule has 1 aliphatic heterocycles. The number of unbranched alkanes of at least 4 members (excludes halogenated alkanes) is 1. The lowest BCUT2D eigenvalue weighted by atomic mass is 10.1. The number of anilines is 2. The third-order valence-corrected chi connectivity index (χ3v) is 5.93. The first-order valence-electron chi connectivity index (χ1n) is 11.5. The molecular formula is C25H34FN3O4. The lowest BCUT2D eigenvalue weighted by Gasteiger charge is -2.23. The number of carbonyl (C=O) groups excluding carboxylic acids is 1. The number of halogens is 1. The second-order valence-electron chi connectivity index (χ2n) is 8.39. The van der Waals surface area contributed by atoms with Crippen LogP contribution in [0.4, 0.5) is 15.8 Å². The van der Waals surface area contributed by atoms with Crippen molar-refractivity contribution >= 4 is 17.3 Å². The number of hydrogen-bond donors (Lipinski definition) is 3. The van der Waals surface area contributed by atoms with Crippen LogP contribution in [0.3, 0.4) is 0 Å². The van der Waals surface area contributed by atoms with Crippen LogP contribution in [0, 0.1) is 5.82 Å². The van der Waals surface area contributed by atoms with Gasteiger partial charge in [-0.25, -0.2) is 4.39 Å². The number of ether oxygens (including phenoxy) is 1. The molecule has 1 unspecified atom stereocenters. The number of nitrogens with zero attached hydrogens (tertiary/aromatic N) is 2. The molecule has 1 heterocycles. The van der Waals surface area contributed by atoms with Crippen LogP contribution in [0.5, 0.6) is 5.75 Å². The first-order chi connectivity index (χ1) is 16.0. The summed E-state index contributed by atoms with van der Waals surface area (Å²) in [6.07, 6.45) is 2.82. The van der Waals surface area contributed by atoms with Crippen LogP contribution < -0.4 is 19.9 Å². The second kappa shape index (κ2) is 12.0. The average molecular weight is 460 g/mol. The average Bonchev–Trinajstić information content (AvgIpc) is 3.30. The summed E-state index contributed by atoms with van der Waals surface area (Å²) in [5.41, 5.74) is 1.45. The number of rotatable bonds is 11. The van der Waals surface area contributed by atoms with Crippen LogP contribution in [0.25, 0.3) is 0 Å². The van der Waals surface area contributed by atoms with Gasteiger partial charge in [0.15, 0.2) is 0 Å². The van der Waals surface area contributed by atoms with Crippen LogP contribution in [-0.2, 0) is 0 Å². The van der Waals surface area contributed by atoms with Crippen LogP contribution in [0.2, 0.25) is 0 Å². The normalized spacial score (nSPS) is 15.8. The Bertz CT molecular complexity index is 905. The van der Waals surface area contributed by atoms with Gasteiger partial charge in [0.25, 0.3) is 5.91 Å². The fourth-order valence-electron chi connectivity index (χ4n) is 3.91. The highest BCUT2D eigenvalue weighted by molar-refractivity contribution is 6.05. The van der Waals surface area contributed by atoms with Gasteiger partial charge in [0.05, 0.1) is 31.5 Å². The fourth-order valence-corrected chi connectivity index (χ4v) is 3.91. The monoisotopic (exact) mass is 459 g/mol. The van der Waals surface area contributed by atoms with E-state index in [-0.39, 0.29) is 31.2 Å². The van der Waals surface area contributed by atoms with Gasteiger partial charge in [0.1, 0.15) is 11.6 Å². The van der Waals surface area contributed by atoms with Gasteiger partial charge in [-0.2, -0.15) is 0 Å². The van der Waals surface area contributed by atoms with Crippen molar-refractivity contribution in [1.29, 1.82) is 0 Å². The van der Waals surface area contributed by atoms with Gasteiger partial charge in [0, 0.05) is 37.4 Å². The Hall–Kier alpha value is -2.68. The first-order valence-corrected chi connectivity index (χ1v) is 11.5. The molecule has 7 nitrogen and oxygen atoms in total. The van der Waals surface area contributed by atoms with Gasteiger partial charge in [-0.15, -0.1) is 0 Å². The van der Waals surface area contributed by atoms with Crippen molar-refractivity contribution in [1.82, 2.24) is 5.32 Å². The molecule has 2 aromatic carbocycles. The summed E-state index contributed by atoms with van der Waals surface area (Å²) in [7, 11) is 1.63. The summed E-state index contributed by atoms with van der Waals surface area (Å²) in [5, 5.41) is 21.7. The molecule has 8 heteroatoms. The maximum Gasteiger partial charge on any atom is 0.258 e. The van der Waals surface area contributed by atoms with E-state index >= 15 is 0 Å². The predicted molar refractivity (Wildman–Crippen MR) is 128 cm³/mol. The standard InChI is InChI=1S/C25H34FN3O4/c1-3-4-13-33-22-8-5-18(6-9-22)25(32)28(2)21-7-10-24(23(26)14-21)29-12-11-19(15-29)27-20(16-30)17-31/h5-10,14,19-20,27,30-31H,3-4,11-13,15-17H2,1-2H3. The van der Waals surface area contributed by atoms with Gasteiger partial charge < -0.3 is 30.1 Å². The van der Waals surface area contributed by atoms with E-state index in [0.29, 0.717) is 36.6 Å². The van der Waals surface area contributed by atoms with Crippen molar-refractivity contribution in [2.45, 2.75) is 38.3 Å². The van der Waals surface area contributed by atoms with Crippen molar-refractivity contribution in [2.75, 3.05) is 49.8 Å². The molecule has 180 valence electrons. The van der Waals surface area contributed by atoms with E-state index in [2.05, 4.69) is 12.2 Å². The highest BCUT2D eigenvalue weighted by atomic mass is 19.1. The zero-order chi connectivity index (χ0) is 23.8. The van der Waals surface area contributed by atoms with Crippen molar-refractivity contribution in [3.8, 4) is 5.75 Å². The van der Waals surface area contributed by atoms with Crippen molar-refractivity contribution < 1.29 is 24.1 Å². The summed E-state index contributed by atoms with van der Waals surface area (Å²) in [5.74, 6) is 0.0980. The van der Waals surface area contributed by atoms with Crippen molar-refractivity contribution in [3.05, 3.63) is 53.8 Å². The quantitative estimate of drug-likeness (QED) is 0.448. The van der Waals surface area contributed by atoms with E-state index in [9.17, 15) is 19.4 Å². The summed E-state index contributed by atoms with van der Waals surface area (Å²) < 4.78 is 20.6. The van der Waals surface area contributed by atoms with Gasteiger partial charge >= 0.3 is 0 Å². The smallest absolute Gasteiger partial charge is 0.258 e. The van der Waals surface area contributed by atoms with E-state index < -0.39 is 5.82 Å². The molecule has 0 aliphatic carbocycles. The molecule has 2 aromatic rings. The van der Waals surface area contributed by atoms with E-state index in [1.807, 2.05) is 4.90 Å². The lowest BCUT2D eigenvalue weighted by molar-refractivity contribution is 0.0993. The summed E-state index contributed by atoms with van der Waals surface area (Å²) >= 11 is 0. The number of amides is 1. The van der Waals surface area contributed by atoms with Crippen LogP contribution >= 0.6 is 0 Å². The Labute approximate surface area is 194 Å². The van der Waals surface area contributed by atoms with Crippen molar-refractivity contribution in [2.24, 2.45) is 0 Å². The topological polar surface area (TPSA) is 85.3 Å². The summed E-state index contributed by atoms with van der Waals surface area (Å²) in [6.45, 7) is 3.69. The lowest BCUT2D eigenvalue weighted by Crippen LogP contribution is -2.44. The maximum absolute atomic E-state index is 15.0. The Morgan fingerprint density at radius 1 is 1.24 bits per heavy atom. The van der Waals surface area contributed by atoms with Crippen LogP contribution in [0.15, 0.2) is 42.5 Å². The molecule has 1 atom stereocenters. The molecule has 1 fully saturated rings. The summed E-state index contributed by atoms with van der Waals surface area (Å²) in [6, 6.07) is 11.5. The molecule has 0 saturated carbocycles. The van der Waals surface area contributed by atoms with E-state index in [1.165, 1.54) is 11.0 Å². The maximum atomic E-state index is 15.0. The molecule has 1 saturated heterocycles. The van der Waals surface area contributed by atoms with Gasteiger partial charge in [0.2, 0.25) is 0 Å². The van der Waals surface area contributed by atoms with E-state index in [4.69, 9.17) is 4.74 Å². The molecule has 1 aliphatic rings. The number of benzene rings is 2. The third-order valence-electron chi connectivity index (χ3n) is 5.93. The van der Waals surface area contributed by atoms with Gasteiger partial charge in [-0.1, -0.05) is 13.3 Å².